The Morgan fingerprint density at radius 1 is 1.64 bits per heavy atom. The first-order chi connectivity index (χ1) is 6.54. The van der Waals surface area contributed by atoms with Crippen molar-refractivity contribution in [2.45, 2.75) is 33.7 Å². The van der Waals surface area contributed by atoms with Gasteiger partial charge >= 0.3 is 5.97 Å². The Morgan fingerprint density at radius 2 is 2.29 bits per heavy atom. The van der Waals surface area contributed by atoms with Crippen LogP contribution in [0.2, 0.25) is 0 Å². The molecule has 0 saturated carbocycles. The van der Waals surface area contributed by atoms with Gasteiger partial charge in [0, 0.05) is 6.54 Å². The largest absolute Gasteiger partial charge is 0.477 e. The molecular weight excluding hydrogens is 180 g/mol. The molecule has 0 amide bonds. The summed E-state index contributed by atoms with van der Waals surface area (Å²) in [5.41, 5.74) is 1.14. The molecule has 0 aliphatic rings. The van der Waals surface area contributed by atoms with Crippen LogP contribution in [-0.2, 0) is 13.0 Å². The van der Waals surface area contributed by atoms with Crippen LogP contribution in [0.5, 0.6) is 0 Å². The Bertz CT molecular complexity index is 329. The number of carboxylic acid groups (broad SMARTS) is 1. The molecule has 78 valence electrons. The molecule has 0 unspecified atom stereocenters. The summed E-state index contributed by atoms with van der Waals surface area (Å²) in [5.74, 6) is -0.411. The zero-order valence-corrected chi connectivity index (χ0v) is 8.82. The van der Waals surface area contributed by atoms with Gasteiger partial charge in [-0.15, -0.1) is 0 Å². The highest BCUT2D eigenvalue weighted by molar-refractivity contribution is 5.85. The monoisotopic (exact) mass is 196 g/mol. The number of aromatic nitrogens is 2. The lowest BCUT2D eigenvalue weighted by atomic mass is 10.1. The van der Waals surface area contributed by atoms with Crippen LogP contribution >= 0.6 is 0 Å². The van der Waals surface area contributed by atoms with Gasteiger partial charge in [0.15, 0.2) is 0 Å². The van der Waals surface area contributed by atoms with E-state index in [-0.39, 0.29) is 5.69 Å². The molecule has 0 aliphatic heterocycles. The summed E-state index contributed by atoms with van der Waals surface area (Å²) >= 11 is 0. The van der Waals surface area contributed by atoms with Gasteiger partial charge in [-0.3, -0.25) is 4.68 Å². The van der Waals surface area contributed by atoms with Crippen molar-refractivity contribution in [3.8, 4) is 0 Å². The molecule has 1 N–H and O–H groups in total. The molecule has 0 spiro atoms. The van der Waals surface area contributed by atoms with E-state index in [1.54, 1.807) is 6.07 Å². The average molecular weight is 196 g/mol. The third-order valence-electron chi connectivity index (χ3n) is 1.97. The molecule has 1 rings (SSSR count). The van der Waals surface area contributed by atoms with Crippen LogP contribution in [0.25, 0.3) is 0 Å². The van der Waals surface area contributed by atoms with Crippen molar-refractivity contribution in [3.05, 3.63) is 17.5 Å². The topological polar surface area (TPSA) is 55.1 Å². The van der Waals surface area contributed by atoms with E-state index in [1.165, 1.54) is 4.68 Å². The number of aromatic carboxylic acids is 1. The standard InChI is InChI=1S/C10H16N2O2/c1-4-12-9(10(13)14)6-8(11-12)5-7(2)3/h6-7H,4-5H2,1-3H3,(H,13,14). The Labute approximate surface area is 83.5 Å². The quantitative estimate of drug-likeness (QED) is 0.798. The van der Waals surface area contributed by atoms with E-state index in [4.69, 9.17) is 5.11 Å². The fourth-order valence-electron chi connectivity index (χ4n) is 1.40. The van der Waals surface area contributed by atoms with Crippen LogP contribution in [0.4, 0.5) is 0 Å². The van der Waals surface area contributed by atoms with Gasteiger partial charge in [-0.1, -0.05) is 13.8 Å². The van der Waals surface area contributed by atoms with E-state index in [1.807, 2.05) is 6.92 Å². The van der Waals surface area contributed by atoms with Crippen LogP contribution in [0.1, 0.15) is 37.0 Å². The summed E-state index contributed by atoms with van der Waals surface area (Å²) < 4.78 is 1.53. The van der Waals surface area contributed by atoms with Crippen molar-refractivity contribution in [3.63, 3.8) is 0 Å². The molecule has 0 bridgehead atoms. The van der Waals surface area contributed by atoms with Crippen LogP contribution in [-0.4, -0.2) is 20.9 Å². The van der Waals surface area contributed by atoms with Gasteiger partial charge in [0.25, 0.3) is 0 Å². The molecule has 0 atom stereocenters. The third-order valence-corrected chi connectivity index (χ3v) is 1.97. The van der Waals surface area contributed by atoms with Crippen molar-refractivity contribution in [2.75, 3.05) is 0 Å². The Morgan fingerprint density at radius 3 is 2.64 bits per heavy atom. The molecule has 4 nitrogen and oxygen atoms in total. The summed E-state index contributed by atoms with van der Waals surface area (Å²) in [7, 11) is 0. The van der Waals surface area contributed by atoms with E-state index in [0.29, 0.717) is 12.5 Å². The molecule has 4 heteroatoms. The van der Waals surface area contributed by atoms with E-state index in [0.717, 1.165) is 12.1 Å². The van der Waals surface area contributed by atoms with Gasteiger partial charge in [0.05, 0.1) is 5.69 Å². The third kappa shape index (κ3) is 2.34. The molecule has 0 aliphatic carbocycles. The van der Waals surface area contributed by atoms with Gasteiger partial charge in [0.2, 0.25) is 0 Å². The number of aryl methyl sites for hydroxylation is 1. The van der Waals surface area contributed by atoms with Gasteiger partial charge < -0.3 is 5.11 Å². The maximum atomic E-state index is 10.8. The van der Waals surface area contributed by atoms with E-state index in [9.17, 15) is 4.79 Å². The average Bonchev–Trinajstić information content (AvgIpc) is 2.46. The first-order valence-corrected chi connectivity index (χ1v) is 4.84. The van der Waals surface area contributed by atoms with Gasteiger partial charge in [-0.25, -0.2) is 4.79 Å². The van der Waals surface area contributed by atoms with Gasteiger partial charge in [0.1, 0.15) is 5.69 Å². The minimum Gasteiger partial charge on any atom is -0.477 e. The summed E-state index contributed by atoms with van der Waals surface area (Å²) in [6, 6.07) is 1.66. The Kier molecular flexibility index (Phi) is 3.28. The SMILES string of the molecule is CCn1nc(CC(C)C)cc1C(=O)O. The molecule has 0 fully saturated rings. The normalized spacial score (nSPS) is 10.9. The zero-order valence-electron chi connectivity index (χ0n) is 8.82. The van der Waals surface area contributed by atoms with E-state index < -0.39 is 5.97 Å². The van der Waals surface area contributed by atoms with Gasteiger partial charge in [-0.2, -0.15) is 5.10 Å². The maximum Gasteiger partial charge on any atom is 0.354 e. The van der Waals surface area contributed by atoms with Crippen molar-refractivity contribution in [2.24, 2.45) is 5.92 Å². The molecule has 0 radical (unpaired) electrons. The van der Waals surface area contributed by atoms with Crippen LogP contribution in [0.15, 0.2) is 6.07 Å². The number of hydrogen-bond donors (Lipinski definition) is 1. The fraction of sp³-hybridized carbons (Fsp3) is 0.600. The molecule has 1 aromatic rings. The molecule has 1 aromatic heterocycles. The summed E-state index contributed by atoms with van der Waals surface area (Å²) in [6.45, 7) is 6.66. The van der Waals surface area contributed by atoms with Crippen molar-refractivity contribution >= 4 is 5.97 Å². The highest BCUT2D eigenvalue weighted by atomic mass is 16.4. The van der Waals surface area contributed by atoms with Crippen molar-refractivity contribution in [1.29, 1.82) is 0 Å². The lowest BCUT2D eigenvalue weighted by Crippen LogP contribution is -2.08. The second kappa shape index (κ2) is 4.26. The maximum absolute atomic E-state index is 10.8. The number of carboxylic acids is 1. The number of hydrogen-bond acceptors (Lipinski definition) is 2. The Balaban J connectivity index is 2.94. The van der Waals surface area contributed by atoms with Crippen LogP contribution < -0.4 is 0 Å². The summed E-state index contributed by atoms with van der Waals surface area (Å²) in [6.07, 6.45) is 0.827. The van der Waals surface area contributed by atoms with Crippen LogP contribution in [0.3, 0.4) is 0 Å². The summed E-state index contributed by atoms with van der Waals surface area (Å²) in [5, 5.41) is 13.1. The van der Waals surface area contributed by atoms with Crippen molar-refractivity contribution < 1.29 is 9.90 Å². The number of rotatable bonds is 4. The fourth-order valence-corrected chi connectivity index (χ4v) is 1.40. The highest BCUT2D eigenvalue weighted by Gasteiger charge is 2.13. The Hall–Kier alpha value is -1.32. The molecule has 1 heterocycles. The number of carbonyl (C=O) groups is 1. The minimum absolute atomic E-state index is 0.281. The highest BCUT2D eigenvalue weighted by Crippen LogP contribution is 2.09. The molecule has 14 heavy (non-hydrogen) atoms. The molecule has 0 aromatic carbocycles. The molecule has 0 saturated heterocycles. The lowest BCUT2D eigenvalue weighted by Gasteiger charge is -1.99. The summed E-state index contributed by atoms with van der Waals surface area (Å²) in [4.78, 5) is 10.8. The van der Waals surface area contributed by atoms with Crippen LogP contribution in [0, 0.1) is 5.92 Å². The second-order valence-electron chi connectivity index (χ2n) is 3.74. The van der Waals surface area contributed by atoms with Crippen molar-refractivity contribution in [1.82, 2.24) is 9.78 Å². The first kappa shape index (κ1) is 10.8. The predicted molar refractivity (Wildman–Crippen MR) is 53.4 cm³/mol. The number of nitrogens with zero attached hydrogens (tertiary/aromatic N) is 2. The van der Waals surface area contributed by atoms with E-state index in [2.05, 4.69) is 18.9 Å². The van der Waals surface area contributed by atoms with E-state index >= 15 is 0 Å². The first-order valence-electron chi connectivity index (χ1n) is 4.84. The minimum atomic E-state index is -0.908. The molecular formula is C10H16N2O2. The lowest BCUT2D eigenvalue weighted by molar-refractivity contribution is 0.0683. The van der Waals surface area contributed by atoms with Gasteiger partial charge in [-0.05, 0) is 25.3 Å². The smallest absolute Gasteiger partial charge is 0.354 e. The second-order valence-corrected chi connectivity index (χ2v) is 3.74. The predicted octanol–water partition coefficient (Wildman–Crippen LogP) is 1.80. The zero-order chi connectivity index (χ0) is 10.7.